The zero-order chi connectivity index (χ0) is 12.4. The number of aromatic nitrogens is 1. The van der Waals surface area contributed by atoms with Crippen molar-refractivity contribution >= 4 is 35.3 Å². The second-order valence-corrected chi connectivity index (χ2v) is 4.87. The number of pyridine rings is 1. The van der Waals surface area contributed by atoms with Gasteiger partial charge < -0.3 is 9.80 Å². The predicted molar refractivity (Wildman–Crippen MR) is 72.0 cm³/mol. The smallest absolute Gasteiger partial charge is 0.278 e. The van der Waals surface area contributed by atoms with Crippen molar-refractivity contribution in [2.45, 2.75) is 13.0 Å². The third-order valence-corrected chi connectivity index (χ3v) is 3.46. The molecule has 0 N–H and O–H groups in total. The monoisotopic (exact) mass is 271 g/mol. The SMILES string of the molecule is CC1CN(c2ncccc2Cl)CCN1C(=O)S. The molecule has 1 atom stereocenters. The van der Waals surface area contributed by atoms with Crippen molar-refractivity contribution in [1.82, 2.24) is 9.88 Å². The second-order valence-electron chi connectivity index (χ2n) is 4.08. The van der Waals surface area contributed by atoms with E-state index in [1.807, 2.05) is 19.1 Å². The van der Waals surface area contributed by atoms with Crippen LogP contribution < -0.4 is 4.90 Å². The van der Waals surface area contributed by atoms with Crippen molar-refractivity contribution in [3.05, 3.63) is 23.4 Å². The Balaban J connectivity index is 2.12. The molecule has 4 nitrogen and oxygen atoms in total. The highest BCUT2D eigenvalue weighted by Gasteiger charge is 2.27. The van der Waals surface area contributed by atoms with E-state index in [4.69, 9.17) is 11.6 Å². The molecule has 1 fully saturated rings. The summed E-state index contributed by atoms with van der Waals surface area (Å²) in [6.45, 7) is 4.10. The standard InChI is InChI=1S/C11H14ClN3OS/c1-8-7-14(5-6-15(8)11(16)17)10-9(12)3-2-4-13-10/h2-4,8H,5-7H2,1H3,(H,16,17). The average Bonchev–Trinajstić information content (AvgIpc) is 2.29. The summed E-state index contributed by atoms with van der Waals surface area (Å²) in [5.74, 6) is 0.785. The lowest BCUT2D eigenvalue weighted by Crippen LogP contribution is -2.53. The number of halogens is 1. The highest BCUT2D eigenvalue weighted by Crippen LogP contribution is 2.25. The molecule has 0 aliphatic carbocycles. The van der Waals surface area contributed by atoms with Crippen molar-refractivity contribution in [3.63, 3.8) is 0 Å². The maximum atomic E-state index is 11.2. The van der Waals surface area contributed by atoms with Crippen LogP contribution in [-0.4, -0.2) is 40.8 Å². The van der Waals surface area contributed by atoms with Gasteiger partial charge in [0.25, 0.3) is 5.24 Å². The number of hydrogen-bond donors (Lipinski definition) is 1. The van der Waals surface area contributed by atoms with E-state index in [0.717, 1.165) is 18.9 Å². The van der Waals surface area contributed by atoms with Crippen LogP contribution in [0.3, 0.4) is 0 Å². The molecule has 1 aromatic rings. The molecular weight excluding hydrogens is 258 g/mol. The molecule has 1 saturated heterocycles. The van der Waals surface area contributed by atoms with Gasteiger partial charge in [-0.15, -0.1) is 0 Å². The quantitative estimate of drug-likeness (QED) is 0.797. The van der Waals surface area contributed by atoms with Gasteiger partial charge in [0, 0.05) is 31.9 Å². The molecule has 1 unspecified atom stereocenters. The van der Waals surface area contributed by atoms with Gasteiger partial charge in [-0.3, -0.25) is 4.79 Å². The van der Waals surface area contributed by atoms with E-state index >= 15 is 0 Å². The van der Waals surface area contributed by atoms with Crippen LogP contribution >= 0.6 is 24.2 Å². The summed E-state index contributed by atoms with van der Waals surface area (Å²) >= 11 is 9.97. The largest absolute Gasteiger partial charge is 0.352 e. The van der Waals surface area contributed by atoms with Gasteiger partial charge in [0.1, 0.15) is 5.82 Å². The molecule has 2 rings (SSSR count). The second kappa shape index (κ2) is 5.14. The first-order valence-corrected chi connectivity index (χ1v) is 6.27. The first-order chi connectivity index (χ1) is 8.09. The normalized spacial score (nSPS) is 20.5. The molecule has 6 heteroatoms. The van der Waals surface area contributed by atoms with Gasteiger partial charge in [-0.25, -0.2) is 4.98 Å². The van der Waals surface area contributed by atoms with E-state index in [9.17, 15) is 4.79 Å². The van der Waals surface area contributed by atoms with E-state index in [-0.39, 0.29) is 11.3 Å². The van der Waals surface area contributed by atoms with E-state index in [2.05, 4.69) is 22.5 Å². The number of nitrogens with zero attached hydrogens (tertiary/aromatic N) is 3. The lowest BCUT2D eigenvalue weighted by molar-refractivity contribution is 0.196. The fraction of sp³-hybridized carbons (Fsp3) is 0.455. The van der Waals surface area contributed by atoms with Crippen LogP contribution in [0, 0.1) is 0 Å². The van der Waals surface area contributed by atoms with Gasteiger partial charge in [0.05, 0.1) is 5.02 Å². The average molecular weight is 272 g/mol. The minimum Gasteiger partial charge on any atom is -0.352 e. The summed E-state index contributed by atoms with van der Waals surface area (Å²) in [7, 11) is 0. The molecule has 0 radical (unpaired) electrons. The molecule has 1 aliphatic rings. The van der Waals surface area contributed by atoms with Crippen LogP contribution in [0.4, 0.5) is 10.6 Å². The van der Waals surface area contributed by atoms with Crippen LogP contribution in [0.25, 0.3) is 0 Å². The third kappa shape index (κ3) is 2.66. The number of amides is 1. The predicted octanol–water partition coefficient (Wildman–Crippen LogP) is 2.30. The Morgan fingerprint density at radius 3 is 2.94 bits per heavy atom. The van der Waals surface area contributed by atoms with E-state index in [0.29, 0.717) is 11.6 Å². The lowest BCUT2D eigenvalue weighted by atomic mass is 10.2. The Kier molecular flexibility index (Phi) is 3.79. The van der Waals surface area contributed by atoms with Crippen LogP contribution in [0.15, 0.2) is 18.3 Å². The van der Waals surface area contributed by atoms with Gasteiger partial charge in [-0.05, 0) is 19.1 Å². The third-order valence-electron chi connectivity index (χ3n) is 2.91. The number of hydrogen-bond acceptors (Lipinski definition) is 3. The molecular formula is C11H14ClN3OS. The molecule has 1 aromatic heterocycles. The van der Waals surface area contributed by atoms with Gasteiger partial charge in [0.2, 0.25) is 0 Å². The van der Waals surface area contributed by atoms with E-state index < -0.39 is 0 Å². The van der Waals surface area contributed by atoms with Crippen molar-refractivity contribution in [2.24, 2.45) is 0 Å². The first kappa shape index (κ1) is 12.5. The van der Waals surface area contributed by atoms with Gasteiger partial charge in [-0.1, -0.05) is 24.2 Å². The van der Waals surface area contributed by atoms with Crippen LogP contribution in [0.2, 0.25) is 5.02 Å². The van der Waals surface area contributed by atoms with Crippen LogP contribution in [-0.2, 0) is 0 Å². The highest BCUT2D eigenvalue weighted by atomic mass is 35.5. The van der Waals surface area contributed by atoms with Gasteiger partial charge in [0.15, 0.2) is 0 Å². The molecule has 0 saturated carbocycles. The molecule has 1 amide bonds. The molecule has 2 heterocycles. The topological polar surface area (TPSA) is 36.4 Å². The van der Waals surface area contributed by atoms with E-state index in [1.54, 1.807) is 11.1 Å². The fourth-order valence-corrected chi connectivity index (χ4v) is 2.58. The first-order valence-electron chi connectivity index (χ1n) is 5.44. The summed E-state index contributed by atoms with van der Waals surface area (Å²) in [5.41, 5.74) is 0. The number of rotatable bonds is 1. The Morgan fingerprint density at radius 2 is 2.35 bits per heavy atom. The fourth-order valence-electron chi connectivity index (χ4n) is 2.04. The molecule has 92 valence electrons. The molecule has 0 spiro atoms. The Bertz CT molecular complexity index is 429. The van der Waals surface area contributed by atoms with Crippen LogP contribution in [0.1, 0.15) is 6.92 Å². The maximum absolute atomic E-state index is 11.2. The highest BCUT2D eigenvalue weighted by molar-refractivity contribution is 7.96. The van der Waals surface area contributed by atoms with Crippen LogP contribution in [0.5, 0.6) is 0 Å². The number of piperazine rings is 1. The van der Waals surface area contributed by atoms with Gasteiger partial charge >= 0.3 is 0 Å². The maximum Gasteiger partial charge on any atom is 0.278 e. The Labute approximate surface area is 111 Å². The van der Waals surface area contributed by atoms with Crippen molar-refractivity contribution in [1.29, 1.82) is 0 Å². The Hall–Kier alpha value is -0.940. The zero-order valence-electron chi connectivity index (χ0n) is 9.51. The molecule has 0 aromatic carbocycles. The number of carbonyl (C=O) groups is 1. The van der Waals surface area contributed by atoms with Crippen molar-refractivity contribution in [2.75, 3.05) is 24.5 Å². The molecule has 0 bridgehead atoms. The minimum atomic E-state index is -0.177. The summed E-state index contributed by atoms with van der Waals surface area (Å²) in [5, 5.41) is 0.467. The summed E-state index contributed by atoms with van der Waals surface area (Å²) in [6.07, 6.45) is 1.72. The van der Waals surface area contributed by atoms with Crippen molar-refractivity contribution in [3.8, 4) is 0 Å². The molecule has 1 aliphatic heterocycles. The van der Waals surface area contributed by atoms with Crippen molar-refractivity contribution < 1.29 is 4.79 Å². The summed E-state index contributed by atoms with van der Waals surface area (Å²) in [6, 6.07) is 3.75. The number of anilines is 1. The number of carbonyl (C=O) groups excluding carboxylic acids is 1. The lowest BCUT2D eigenvalue weighted by Gasteiger charge is -2.39. The molecule has 17 heavy (non-hydrogen) atoms. The van der Waals surface area contributed by atoms with E-state index in [1.165, 1.54) is 0 Å². The Morgan fingerprint density at radius 1 is 1.59 bits per heavy atom. The minimum absolute atomic E-state index is 0.117. The van der Waals surface area contributed by atoms with Gasteiger partial charge in [-0.2, -0.15) is 0 Å². The zero-order valence-corrected chi connectivity index (χ0v) is 11.2. The summed E-state index contributed by atoms with van der Waals surface area (Å²) < 4.78 is 0. The summed E-state index contributed by atoms with van der Waals surface area (Å²) in [4.78, 5) is 19.4. The number of thiol groups is 1.